The molecule has 35 heavy (non-hydrogen) atoms. The number of ether oxygens (including phenoxy) is 2. The molecule has 0 unspecified atom stereocenters. The Bertz CT molecular complexity index is 1170. The maximum Gasteiger partial charge on any atom is 0.219 e. The fourth-order valence-corrected chi connectivity index (χ4v) is 4.08. The molecule has 1 aliphatic heterocycles. The van der Waals surface area contributed by atoms with Gasteiger partial charge in [0, 0.05) is 55.9 Å². The number of pyridine rings is 1. The zero-order chi connectivity index (χ0) is 25.0. The van der Waals surface area contributed by atoms with E-state index in [1.165, 1.54) is 0 Å². The van der Waals surface area contributed by atoms with Crippen molar-refractivity contribution < 1.29 is 19.1 Å². The van der Waals surface area contributed by atoms with Gasteiger partial charge in [-0.25, -0.2) is 10.5 Å². The Balaban J connectivity index is 1.65. The van der Waals surface area contributed by atoms with Gasteiger partial charge < -0.3 is 24.5 Å². The smallest absolute Gasteiger partial charge is 0.219 e. The number of carbonyl (C=O) groups is 1. The van der Waals surface area contributed by atoms with Crippen LogP contribution in [0.5, 0.6) is 17.2 Å². The largest absolute Gasteiger partial charge is 0.493 e. The van der Waals surface area contributed by atoms with Crippen LogP contribution >= 0.6 is 0 Å². The Morgan fingerprint density at radius 2 is 1.74 bits per heavy atom. The summed E-state index contributed by atoms with van der Waals surface area (Å²) in [4.78, 5) is 24.4. The lowest BCUT2D eigenvalue weighted by Gasteiger charge is -2.31. The second-order valence-corrected chi connectivity index (χ2v) is 9.79. The van der Waals surface area contributed by atoms with Crippen LogP contribution in [0.3, 0.4) is 0 Å². The van der Waals surface area contributed by atoms with E-state index < -0.39 is 0 Å². The number of likely N-dealkylation sites (tertiary alicyclic amines) is 1. The quantitative estimate of drug-likeness (QED) is 0.449. The third kappa shape index (κ3) is 6.26. The third-order valence-electron chi connectivity index (χ3n) is 5.79. The highest BCUT2D eigenvalue weighted by molar-refractivity contribution is 5.90. The highest BCUT2D eigenvalue weighted by atomic mass is 16.6. The van der Waals surface area contributed by atoms with Gasteiger partial charge in [-0.05, 0) is 39.0 Å². The number of nitrogens with zero attached hydrogens (tertiary/aromatic N) is 2. The molecule has 0 radical (unpaired) electrons. The summed E-state index contributed by atoms with van der Waals surface area (Å²) >= 11 is 0. The van der Waals surface area contributed by atoms with Gasteiger partial charge in [0.25, 0.3) is 0 Å². The summed E-state index contributed by atoms with van der Waals surface area (Å²) in [6.45, 7) is 9.23. The summed E-state index contributed by atoms with van der Waals surface area (Å²) in [5, 5.41) is 4.22. The lowest BCUT2D eigenvalue weighted by molar-refractivity contribution is -0.130. The molecule has 0 spiro atoms. The van der Waals surface area contributed by atoms with Crippen molar-refractivity contribution in [2.75, 3.05) is 31.0 Å². The van der Waals surface area contributed by atoms with Crippen molar-refractivity contribution in [2.24, 2.45) is 0 Å². The van der Waals surface area contributed by atoms with Gasteiger partial charge in [0.15, 0.2) is 17.2 Å². The Morgan fingerprint density at radius 3 is 2.37 bits per heavy atom. The highest BCUT2D eigenvalue weighted by Gasteiger charge is 2.24. The number of carbonyl (C=O) groups excluding carboxylic acids is 1. The number of piperidine rings is 1. The van der Waals surface area contributed by atoms with Crippen molar-refractivity contribution in [3.8, 4) is 17.2 Å². The third-order valence-corrected chi connectivity index (χ3v) is 5.79. The Morgan fingerprint density at radius 1 is 1.03 bits per heavy atom. The molecule has 2 aromatic carbocycles. The highest BCUT2D eigenvalue weighted by Crippen LogP contribution is 2.38. The van der Waals surface area contributed by atoms with Gasteiger partial charge in [-0.3, -0.25) is 4.79 Å². The van der Waals surface area contributed by atoms with Gasteiger partial charge in [-0.1, -0.05) is 18.2 Å². The molecule has 1 aromatic heterocycles. The number of methoxy groups -OCH3 is 1. The van der Waals surface area contributed by atoms with E-state index in [4.69, 9.17) is 19.3 Å². The molecule has 186 valence electrons. The van der Waals surface area contributed by atoms with E-state index in [0.717, 1.165) is 29.4 Å². The van der Waals surface area contributed by atoms with E-state index in [9.17, 15) is 4.79 Å². The first-order valence-corrected chi connectivity index (χ1v) is 11.9. The van der Waals surface area contributed by atoms with E-state index in [0.29, 0.717) is 36.2 Å². The molecule has 8 nitrogen and oxygen atoms in total. The van der Waals surface area contributed by atoms with Crippen molar-refractivity contribution in [2.45, 2.75) is 52.2 Å². The molecule has 3 aromatic rings. The summed E-state index contributed by atoms with van der Waals surface area (Å²) < 4.78 is 12.0. The van der Waals surface area contributed by atoms with Crippen molar-refractivity contribution >= 4 is 28.3 Å². The SMILES string of the molecule is COc1cc2c(ONc3ccccc3)cc(NC(C)(C)C)nc2cc1OC1CCN(C(C)=O)CC1. The lowest BCUT2D eigenvalue weighted by Crippen LogP contribution is -2.40. The van der Waals surface area contributed by atoms with Crippen LogP contribution in [0.2, 0.25) is 0 Å². The van der Waals surface area contributed by atoms with Crippen LogP contribution < -0.4 is 25.1 Å². The fraction of sp³-hybridized carbons (Fsp3) is 0.407. The maximum atomic E-state index is 11.7. The van der Waals surface area contributed by atoms with E-state index in [-0.39, 0.29) is 17.6 Å². The molecule has 2 heterocycles. The molecular weight excluding hydrogens is 444 g/mol. The summed E-state index contributed by atoms with van der Waals surface area (Å²) in [6.07, 6.45) is 1.55. The maximum absolute atomic E-state index is 11.7. The average Bonchev–Trinajstić information content (AvgIpc) is 2.82. The normalized spacial score (nSPS) is 14.5. The molecule has 0 bridgehead atoms. The molecule has 0 atom stereocenters. The van der Waals surface area contributed by atoms with Crippen LogP contribution in [0.25, 0.3) is 10.9 Å². The predicted molar refractivity (Wildman–Crippen MR) is 138 cm³/mol. The summed E-state index contributed by atoms with van der Waals surface area (Å²) in [5.41, 5.74) is 4.40. The molecule has 1 fully saturated rings. The number of benzene rings is 2. The standard InChI is InChI=1S/C27H34N4O4/c1-18(32)31-13-11-20(12-14-31)34-25-16-22-21(15-24(25)33-5)23(17-26(28-22)29-27(2,3)4)35-30-19-9-7-6-8-10-19/h6-10,15-17,20,30H,11-14H2,1-5H3,(H,28,29). The molecule has 8 heteroatoms. The van der Waals surface area contributed by atoms with Crippen LogP contribution in [0.4, 0.5) is 11.5 Å². The number of hydrogen-bond acceptors (Lipinski definition) is 7. The van der Waals surface area contributed by atoms with Gasteiger partial charge in [-0.2, -0.15) is 0 Å². The van der Waals surface area contributed by atoms with E-state index >= 15 is 0 Å². The second kappa shape index (κ2) is 10.3. The van der Waals surface area contributed by atoms with Crippen molar-refractivity contribution in [1.29, 1.82) is 0 Å². The first-order chi connectivity index (χ1) is 16.7. The zero-order valence-corrected chi connectivity index (χ0v) is 21.1. The molecule has 1 aliphatic rings. The van der Waals surface area contributed by atoms with Crippen LogP contribution in [-0.4, -0.2) is 47.6 Å². The number of amides is 1. The second-order valence-electron chi connectivity index (χ2n) is 9.79. The number of hydrogen-bond donors (Lipinski definition) is 2. The number of fused-ring (bicyclic) bond motifs is 1. The first-order valence-electron chi connectivity index (χ1n) is 11.9. The lowest BCUT2D eigenvalue weighted by atomic mass is 10.1. The Kier molecular flexibility index (Phi) is 7.19. The van der Waals surface area contributed by atoms with Gasteiger partial charge >= 0.3 is 0 Å². The van der Waals surface area contributed by atoms with Crippen molar-refractivity contribution in [3.63, 3.8) is 0 Å². The first kappa shape index (κ1) is 24.4. The minimum absolute atomic E-state index is 0.00306. The van der Waals surface area contributed by atoms with Gasteiger partial charge in [0.1, 0.15) is 11.9 Å². The van der Waals surface area contributed by atoms with Crippen LogP contribution in [0.15, 0.2) is 48.5 Å². The number of nitrogens with one attached hydrogen (secondary N) is 2. The fourth-order valence-electron chi connectivity index (χ4n) is 4.08. The van der Waals surface area contributed by atoms with Crippen LogP contribution in [0, 0.1) is 0 Å². The molecule has 0 saturated carbocycles. The molecule has 1 saturated heterocycles. The van der Waals surface area contributed by atoms with E-state index in [2.05, 4.69) is 31.6 Å². The van der Waals surface area contributed by atoms with E-state index in [1.807, 2.05) is 53.4 Å². The molecule has 1 amide bonds. The zero-order valence-electron chi connectivity index (χ0n) is 21.1. The summed E-state index contributed by atoms with van der Waals surface area (Å²) in [5.74, 6) is 2.65. The van der Waals surface area contributed by atoms with Gasteiger partial charge in [0.05, 0.1) is 18.3 Å². The summed E-state index contributed by atoms with van der Waals surface area (Å²) in [7, 11) is 1.62. The molecule has 4 rings (SSSR count). The number of aromatic nitrogens is 1. The molecule has 2 N–H and O–H groups in total. The molecular formula is C27H34N4O4. The monoisotopic (exact) mass is 478 g/mol. The van der Waals surface area contributed by atoms with Gasteiger partial charge in [0.2, 0.25) is 5.91 Å². The number of anilines is 2. The summed E-state index contributed by atoms with van der Waals surface area (Å²) in [6, 6.07) is 15.4. The van der Waals surface area contributed by atoms with Crippen LogP contribution in [-0.2, 0) is 4.79 Å². The molecule has 0 aliphatic carbocycles. The van der Waals surface area contributed by atoms with Gasteiger partial charge in [-0.15, -0.1) is 0 Å². The Hall–Kier alpha value is -3.68. The number of para-hydroxylation sites is 1. The average molecular weight is 479 g/mol. The minimum atomic E-state index is -0.179. The Labute approximate surface area is 206 Å². The van der Waals surface area contributed by atoms with Crippen molar-refractivity contribution in [3.05, 3.63) is 48.5 Å². The predicted octanol–water partition coefficient (Wildman–Crippen LogP) is 5.25. The van der Waals surface area contributed by atoms with E-state index in [1.54, 1.807) is 14.0 Å². The minimum Gasteiger partial charge on any atom is -0.493 e. The van der Waals surface area contributed by atoms with Crippen molar-refractivity contribution in [1.82, 2.24) is 9.88 Å². The number of rotatable bonds is 7. The van der Waals surface area contributed by atoms with Crippen LogP contribution in [0.1, 0.15) is 40.5 Å². The topological polar surface area (TPSA) is 84.9 Å².